The van der Waals surface area contributed by atoms with E-state index >= 15 is 0 Å². The van der Waals surface area contributed by atoms with Crippen LogP contribution in [0.25, 0.3) is 0 Å². The Morgan fingerprint density at radius 2 is 2.00 bits per heavy atom. The van der Waals surface area contributed by atoms with E-state index in [0.29, 0.717) is 18.9 Å². The zero-order valence-electron chi connectivity index (χ0n) is 12.5. The van der Waals surface area contributed by atoms with E-state index in [4.69, 9.17) is 0 Å². The van der Waals surface area contributed by atoms with Gasteiger partial charge in [-0.1, -0.05) is 26.2 Å². The molecular weight excluding hydrogens is 256 g/mol. The molecule has 2 aliphatic rings. The summed E-state index contributed by atoms with van der Waals surface area (Å²) in [7, 11) is 0. The summed E-state index contributed by atoms with van der Waals surface area (Å²) in [5, 5.41) is 12.4. The highest BCUT2D eigenvalue weighted by molar-refractivity contribution is 5.83. The zero-order chi connectivity index (χ0) is 14.8. The highest BCUT2D eigenvalue weighted by Crippen LogP contribution is 2.30. The number of nitrogens with zero attached hydrogens (tertiary/aromatic N) is 1. The number of nitrogens with one attached hydrogen (secondary N) is 1. The summed E-state index contributed by atoms with van der Waals surface area (Å²) >= 11 is 0. The smallest absolute Gasteiger partial charge is 0.326 e. The van der Waals surface area contributed by atoms with Crippen LogP contribution in [-0.2, 0) is 4.79 Å². The summed E-state index contributed by atoms with van der Waals surface area (Å²) < 4.78 is 0. The van der Waals surface area contributed by atoms with Gasteiger partial charge in [0.15, 0.2) is 0 Å². The van der Waals surface area contributed by atoms with E-state index in [1.807, 2.05) is 0 Å². The lowest BCUT2D eigenvalue weighted by Gasteiger charge is -2.39. The van der Waals surface area contributed by atoms with E-state index in [1.54, 1.807) is 0 Å². The molecule has 1 saturated heterocycles. The van der Waals surface area contributed by atoms with Crippen LogP contribution in [0, 0.1) is 5.92 Å². The van der Waals surface area contributed by atoms with Gasteiger partial charge >= 0.3 is 12.0 Å². The van der Waals surface area contributed by atoms with Crippen LogP contribution in [0.2, 0.25) is 0 Å². The van der Waals surface area contributed by atoms with Gasteiger partial charge in [0.25, 0.3) is 0 Å². The molecule has 0 radical (unpaired) electrons. The molecule has 5 heteroatoms. The molecule has 114 valence electrons. The first-order chi connectivity index (χ1) is 9.45. The summed E-state index contributed by atoms with van der Waals surface area (Å²) in [6, 6.07) is -0.866. The number of likely N-dealkylation sites (tertiary alicyclic amines) is 1. The van der Waals surface area contributed by atoms with Gasteiger partial charge in [0.2, 0.25) is 0 Å². The lowest BCUT2D eigenvalue weighted by Crippen LogP contribution is -2.57. The van der Waals surface area contributed by atoms with Crippen molar-refractivity contribution in [2.75, 3.05) is 6.54 Å². The average Bonchev–Trinajstić information content (AvgIpc) is 2.84. The van der Waals surface area contributed by atoms with E-state index in [0.717, 1.165) is 38.5 Å². The predicted octanol–water partition coefficient (Wildman–Crippen LogP) is 2.60. The third-order valence-electron chi connectivity index (χ3n) is 4.95. The summed E-state index contributed by atoms with van der Waals surface area (Å²) in [4.78, 5) is 25.4. The van der Waals surface area contributed by atoms with E-state index in [1.165, 1.54) is 4.90 Å². The number of aliphatic carboxylic acids is 1. The summed E-state index contributed by atoms with van der Waals surface area (Å²) in [6.07, 6.45) is 6.72. The highest BCUT2D eigenvalue weighted by atomic mass is 16.4. The Balaban J connectivity index is 2.01. The molecule has 1 saturated carbocycles. The van der Waals surface area contributed by atoms with Gasteiger partial charge in [-0.3, -0.25) is 0 Å². The Labute approximate surface area is 120 Å². The molecule has 20 heavy (non-hydrogen) atoms. The number of rotatable bonds is 3. The normalized spacial score (nSPS) is 29.2. The van der Waals surface area contributed by atoms with E-state index in [-0.39, 0.29) is 11.6 Å². The van der Waals surface area contributed by atoms with Crippen molar-refractivity contribution in [2.45, 2.75) is 70.4 Å². The number of carbonyl (C=O) groups excluding carboxylic acids is 1. The van der Waals surface area contributed by atoms with Crippen molar-refractivity contribution < 1.29 is 14.7 Å². The fourth-order valence-electron chi connectivity index (χ4n) is 3.50. The van der Waals surface area contributed by atoms with E-state index in [9.17, 15) is 14.7 Å². The molecule has 0 spiro atoms. The molecule has 1 aliphatic carbocycles. The Hall–Kier alpha value is -1.26. The first-order valence-corrected chi connectivity index (χ1v) is 7.77. The Morgan fingerprint density at radius 3 is 2.55 bits per heavy atom. The summed E-state index contributed by atoms with van der Waals surface area (Å²) in [5.74, 6) is -0.461. The average molecular weight is 282 g/mol. The van der Waals surface area contributed by atoms with Crippen LogP contribution in [0.5, 0.6) is 0 Å². The third kappa shape index (κ3) is 3.25. The number of amides is 2. The number of piperidine rings is 1. The second-order valence-electron chi connectivity index (χ2n) is 6.54. The van der Waals surface area contributed by atoms with Crippen LogP contribution in [0.3, 0.4) is 0 Å². The van der Waals surface area contributed by atoms with Crippen molar-refractivity contribution >= 4 is 12.0 Å². The van der Waals surface area contributed by atoms with E-state index in [2.05, 4.69) is 19.2 Å². The van der Waals surface area contributed by atoms with E-state index < -0.39 is 12.0 Å². The van der Waals surface area contributed by atoms with Gasteiger partial charge in [0.05, 0.1) is 0 Å². The molecule has 0 bridgehead atoms. The first-order valence-electron chi connectivity index (χ1n) is 7.77. The second-order valence-corrected chi connectivity index (χ2v) is 6.54. The fraction of sp³-hybridized carbons (Fsp3) is 0.867. The number of carboxylic acid groups (broad SMARTS) is 1. The van der Waals surface area contributed by atoms with Gasteiger partial charge in [-0.2, -0.15) is 0 Å². The highest BCUT2D eigenvalue weighted by Gasteiger charge is 2.38. The molecule has 0 aromatic carbocycles. The zero-order valence-corrected chi connectivity index (χ0v) is 12.5. The van der Waals surface area contributed by atoms with Gasteiger partial charge in [-0.25, -0.2) is 9.59 Å². The summed E-state index contributed by atoms with van der Waals surface area (Å²) in [6.45, 7) is 4.70. The Bertz CT molecular complexity index is 377. The van der Waals surface area contributed by atoms with Gasteiger partial charge in [0, 0.05) is 12.1 Å². The molecular formula is C15H26N2O3. The van der Waals surface area contributed by atoms with Crippen LogP contribution < -0.4 is 5.32 Å². The van der Waals surface area contributed by atoms with Crippen molar-refractivity contribution in [1.29, 1.82) is 0 Å². The molecule has 2 fully saturated rings. The molecule has 1 heterocycles. The van der Waals surface area contributed by atoms with Gasteiger partial charge in [-0.05, 0) is 38.5 Å². The molecule has 0 aromatic rings. The minimum Gasteiger partial charge on any atom is -0.480 e. The maximum Gasteiger partial charge on any atom is 0.326 e. The number of hydrogen-bond acceptors (Lipinski definition) is 2. The number of carbonyl (C=O) groups is 2. The number of carboxylic acids is 1. The Morgan fingerprint density at radius 1 is 1.35 bits per heavy atom. The molecule has 0 aromatic heterocycles. The lowest BCUT2D eigenvalue weighted by molar-refractivity contribution is -0.144. The van der Waals surface area contributed by atoms with Crippen molar-refractivity contribution in [3.05, 3.63) is 0 Å². The van der Waals surface area contributed by atoms with Crippen LogP contribution in [0.4, 0.5) is 4.79 Å². The van der Waals surface area contributed by atoms with Gasteiger partial charge in [-0.15, -0.1) is 0 Å². The van der Waals surface area contributed by atoms with Crippen LogP contribution >= 0.6 is 0 Å². The van der Waals surface area contributed by atoms with Crippen molar-refractivity contribution in [2.24, 2.45) is 5.92 Å². The largest absolute Gasteiger partial charge is 0.480 e. The predicted molar refractivity (Wildman–Crippen MR) is 76.5 cm³/mol. The molecule has 2 N–H and O–H groups in total. The minimum absolute atomic E-state index is 0.151. The maximum absolute atomic E-state index is 12.4. The number of urea groups is 1. The number of hydrogen-bond donors (Lipinski definition) is 2. The summed E-state index contributed by atoms with van der Waals surface area (Å²) in [5.41, 5.74) is -0.151. The molecule has 2 atom stereocenters. The molecule has 2 unspecified atom stereocenters. The van der Waals surface area contributed by atoms with Gasteiger partial charge in [0.1, 0.15) is 6.04 Å². The second kappa shape index (κ2) is 6.02. The van der Waals surface area contributed by atoms with Crippen molar-refractivity contribution in [3.63, 3.8) is 0 Å². The van der Waals surface area contributed by atoms with Crippen molar-refractivity contribution in [3.8, 4) is 0 Å². The van der Waals surface area contributed by atoms with Crippen LogP contribution in [-0.4, -0.2) is 40.1 Å². The van der Waals surface area contributed by atoms with Crippen molar-refractivity contribution in [1.82, 2.24) is 10.2 Å². The van der Waals surface area contributed by atoms with Gasteiger partial charge < -0.3 is 15.3 Å². The monoisotopic (exact) mass is 282 g/mol. The standard InChI is InChI=1S/C15H26N2O3/c1-3-11-6-9-17(12(10-11)13(18)19)14(20)16-15(2)7-4-5-8-15/h11-12H,3-10H2,1-2H3,(H,16,20)(H,18,19). The molecule has 2 rings (SSSR count). The molecule has 1 aliphatic heterocycles. The topological polar surface area (TPSA) is 69.6 Å². The SMILES string of the molecule is CCC1CCN(C(=O)NC2(C)CCCC2)C(C(=O)O)C1. The minimum atomic E-state index is -0.880. The molecule has 2 amide bonds. The van der Waals surface area contributed by atoms with Crippen LogP contribution in [0.1, 0.15) is 58.8 Å². The third-order valence-corrected chi connectivity index (χ3v) is 4.95. The fourth-order valence-corrected chi connectivity index (χ4v) is 3.50. The molecule has 5 nitrogen and oxygen atoms in total. The van der Waals surface area contributed by atoms with Crippen LogP contribution in [0.15, 0.2) is 0 Å². The lowest BCUT2D eigenvalue weighted by atomic mass is 9.89. The maximum atomic E-state index is 12.4. The Kier molecular flexibility index (Phi) is 4.55. The first kappa shape index (κ1) is 15.1. The quantitative estimate of drug-likeness (QED) is 0.836.